The predicted molar refractivity (Wildman–Crippen MR) is 110 cm³/mol. The second-order valence-electron chi connectivity index (χ2n) is 7.29. The zero-order valence-electron chi connectivity index (χ0n) is 16.6. The molecule has 1 fully saturated rings. The number of nitrogens with zero attached hydrogens (tertiary/aromatic N) is 1. The van der Waals surface area contributed by atoms with Crippen LogP contribution in [0.25, 0.3) is 10.9 Å². The Kier molecular flexibility index (Phi) is 5.09. The molecule has 1 aliphatic rings. The lowest BCUT2D eigenvalue weighted by Crippen LogP contribution is -2.38. The van der Waals surface area contributed by atoms with Gasteiger partial charge in [-0.15, -0.1) is 0 Å². The first-order valence-electron chi connectivity index (χ1n) is 9.72. The van der Waals surface area contributed by atoms with Crippen LogP contribution in [0.3, 0.4) is 0 Å². The number of H-pyrrole nitrogens is 1. The molecule has 0 spiro atoms. The minimum absolute atomic E-state index is 0.150. The van der Waals surface area contributed by atoms with Gasteiger partial charge in [-0.1, -0.05) is 24.3 Å². The molecule has 0 bridgehead atoms. The lowest BCUT2D eigenvalue weighted by molar-refractivity contribution is 0.0820. The zero-order valence-corrected chi connectivity index (χ0v) is 16.6. The normalized spacial score (nSPS) is 18.3. The molecule has 3 aromatic rings. The number of para-hydroxylation sites is 1. The first-order chi connectivity index (χ1) is 13.6. The molecule has 2 atom stereocenters. The average Bonchev–Trinajstić information content (AvgIpc) is 3.39. The lowest BCUT2D eigenvalue weighted by Gasteiger charge is -2.31. The van der Waals surface area contributed by atoms with Crippen molar-refractivity contribution >= 4 is 16.7 Å². The van der Waals surface area contributed by atoms with Crippen LogP contribution in [0.1, 0.15) is 41.7 Å². The Morgan fingerprint density at radius 3 is 2.79 bits per heavy atom. The SMILES string of the molecule is COc1ccc([C@H]2CCCN2[C@H](C)C(=O)c2c[nH]c3ccccc23)c(OC)c1. The summed E-state index contributed by atoms with van der Waals surface area (Å²) < 4.78 is 10.9. The number of Topliss-reactive ketones (excluding diaryl/α,β-unsaturated/α-hetero) is 1. The van der Waals surface area contributed by atoms with Crippen LogP contribution in [0, 0.1) is 0 Å². The van der Waals surface area contributed by atoms with Crippen molar-refractivity contribution in [3.63, 3.8) is 0 Å². The summed E-state index contributed by atoms with van der Waals surface area (Å²) in [5.41, 5.74) is 2.86. The van der Waals surface area contributed by atoms with Crippen LogP contribution in [0.15, 0.2) is 48.7 Å². The molecule has 1 N–H and O–H groups in total. The summed E-state index contributed by atoms with van der Waals surface area (Å²) in [7, 11) is 3.33. The van der Waals surface area contributed by atoms with Gasteiger partial charge in [0.15, 0.2) is 5.78 Å². The van der Waals surface area contributed by atoms with Gasteiger partial charge in [-0.05, 0) is 38.4 Å². The molecule has 5 heteroatoms. The highest BCUT2D eigenvalue weighted by atomic mass is 16.5. The molecule has 1 aliphatic heterocycles. The Bertz CT molecular complexity index is 994. The number of carbonyl (C=O) groups is 1. The molecule has 2 heterocycles. The maximum Gasteiger partial charge on any atom is 0.181 e. The molecule has 146 valence electrons. The van der Waals surface area contributed by atoms with E-state index < -0.39 is 0 Å². The molecule has 4 rings (SSSR count). The molecule has 5 nitrogen and oxygen atoms in total. The Morgan fingerprint density at radius 1 is 1.18 bits per heavy atom. The van der Waals surface area contributed by atoms with Crippen LogP contribution in [0.5, 0.6) is 11.5 Å². The van der Waals surface area contributed by atoms with Gasteiger partial charge < -0.3 is 14.5 Å². The lowest BCUT2D eigenvalue weighted by atomic mass is 9.99. The largest absolute Gasteiger partial charge is 0.497 e. The molecular weight excluding hydrogens is 352 g/mol. The minimum Gasteiger partial charge on any atom is -0.497 e. The molecule has 0 amide bonds. The van der Waals surface area contributed by atoms with Crippen LogP contribution >= 0.6 is 0 Å². The topological polar surface area (TPSA) is 54.6 Å². The van der Waals surface area contributed by atoms with Crippen molar-refractivity contribution in [2.24, 2.45) is 0 Å². The van der Waals surface area contributed by atoms with Crippen LogP contribution in [0.2, 0.25) is 0 Å². The van der Waals surface area contributed by atoms with E-state index in [4.69, 9.17) is 9.47 Å². The number of nitrogens with one attached hydrogen (secondary N) is 1. The number of hydrogen-bond acceptors (Lipinski definition) is 4. The van der Waals surface area contributed by atoms with Crippen molar-refractivity contribution in [2.75, 3.05) is 20.8 Å². The van der Waals surface area contributed by atoms with Crippen LogP contribution in [-0.4, -0.2) is 42.5 Å². The predicted octanol–water partition coefficient (Wildman–Crippen LogP) is 4.59. The summed E-state index contributed by atoms with van der Waals surface area (Å²) in [5.74, 6) is 1.73. The van der Waals surface area contributed by atoms with Crippen molar-refractivity contribution in [2.45, 2.75) is 31.8 Å². The fourth-order valence-electron chi connectivity index (χ4n) is 4.33. The Morgan fingerprint density at radius 2 is 2.00 bits per heavy atom. The highest BCUT2D eigenvalue weighted by molar-refractivity contribution is 6.10. The number of likely N-dealkylation sites (tertiary alicyclic amines) is 1. The van der Waals surface area contributed by atoms with Gasteiger partial charge in [0.2, 0.25) is 0 Å². The third kappa shape index (κ3) is 3.16. The second kappa shape index (κ2) is 7.68. The van der Waals surface area contributed by atoms with E-state index >= 15 is 0 Å². The van der Waals surface area contributed by atoms with E-state index in [1.165, 1.54) is 0 Å². The van der Waals surface area contributed by atoms with Gasteiger partial charge in [-0.3, -0.25) is 9.69 Å². The quantitative estimate of drug-likeness (QED) is 0.637. The van der Waals surface area contributed by atoms with Gasteiger partial charge in [-0.25, -0.2) is 0 Å². The summed E-state index contributed by atoms with van der Waals surface area (Å²) >= 11 is 0. The summed E-state index contributed by atoms with van der Waals surface area (Å²) in [6.45, 7) is 2.91. The minimum atomic E-state index is -0.210. The monoisotopic (exact) mass is 378 g/mol. The van der Waals surface area contributed by atoms with E-state index in [-0.39, 0.29) is 17.9 Å². The molecule has 1 aromatic heterocycles. The van der Waals surface area contributed by atoms with E-state index in [0.29, 0.717) is 0 Å². The van der Waals surface area contributed by atoms with E-state index in [9.17, 15) is 4.79 Å². The third-order valence-electron chi connectivity index (χ3n) is 5.83. The van der Waals surface area contributed by atoms with Crippen LogP contribution in [-0.2, 0) is 0 Å². The molecule has 0 aliphatic carbocycles. The van der Waals surface area contributed by atoms with Crippen molar-refractivity contribution in [3.05, 3.63) is 59.8 Å². The van der Waals surface area contributed by atoms with E-state index in [1.807, 2.05) is 49.5 Å². The summed E-state index contributed by atoms with van der Waals surface area (Å²) in [4.78, 5) is 18.8. The molecular formula is C23H26N2O3. The van der Waals surface area contributed by atoms with Crippen LogP contribution in [0.4, 0.5) is 0 Å². The molecule has 1 saturated heterocycles. The number of carbonyl (C=O) groups excluding carboxylic acids is 1. The summed E-state index contributed by atoms with van der Waals surface area (Å²) in [6.07, 6.45) is 3.90. The highest BCUT2D eigenvalue weighted by Crippen LogP contribution is 2.40. The Labute approximate surface area is 165 Å². The zero-order chi connectivity index (χ0) is 19.7. The van der Waals surface area contributed by atoms with E-state index in [0.717, 1.165) is 52.9 Å². The van der Waals surface area contributed by atoms with Crippen LogP contribution < -0.4 is 9.47 Å². The standard InChI is InChI=1S/C23H26N2O3/c1-15(23(26)19-14-24-20-8-5-4-7-17(19)20)25-12-6-9-21(25)18-11-10-16(27-2)13-22(18)28-3/h4-5,7-8,10-11,13-15,21,24H,6,9,12H2,1-3H3/t15-,21-/m1/s1. The third-order valence-corrected chi connectivity index (χ3v) is 5.83. The number of fused-ring (bicyclic) bond motifs is 1. The number of hydrogen-bond donors (Lipinski definition) is 1. The van der Waals surface area contributed by atoms with Crippen molar-refractivity contribution in [1.82, 2.24) is 9.88 Å². The number of rotatable bonds is 6. The van der Waals surface area contributed by atoms with Gasteiger partial charge in [0.1, 0.15) is 11.5 Å². The maximum atomic E-state index is 13.3. The first-order valence-corrected chi connectivity index (χ1v) is 9.72. The van der Waals surface area contributed by atoms with Gasteiger partial charge in [0.05, 0.1) is 20.3 Å². The second-order valence-corrected chi connectivity index (χ2v) is 7.29. The smallest absolute Gasteiger partial charge is 0.181 e. The Hall–Kier alpha value is -2.79. The van der Waals surface area contributed by atoms with E-state index in [1.54, 1.807) is 14.2 Å². The molecule has 28 heavy (non-hydrogen) atoms. The van der Waals surface area contributed by atoms with Crippen molar-refractivity contribution in [1.29, 1.82) is 0 Å². The van der Waals surface area contributed by atoms with E-state index in [2.05, 4.69) is 16.0 Å². The van der Waals surface area contributed by atoms with Crippen molar-refractivity contribution < 1.29 is 14.3 Å². The molecule has 2 aromatic carbocycles. The van der Waals surface area contributed by atoms with Gasteiger partial charge in [-0.2, -0.15) is 0 Å². The first kappa shape index (κ1) is 18.6. The van der Waals surface area contributed by atoms with Crippen molar-refractivity contribution in [3.8, 4) is 11.5 Å². The highest BCUT2D eigenvalue weighted by Gasteiger charge is 2.35. The number of methoxy groups -OCH3 is 2. The van der Waals surface area contributed by atoms with Gasteiger partial charge in [0.25, 0.3) is 0 Å². The molecule has 0 radical (unpaired) electrons. The number of ether oxygens (including phenoxy) is 2. The average molecular weight is 378 g/mol. The summed E-state index contributed by atoms with van der Waals surface area (Å²) in [6, 6.07) is 13.8. The number of benzene rings is 2. The maximum absolute atomic E-state index is 13.3. The fraction of sp³-hybridized carbons (Fsp3) is 0.348. The number of aromatic amines is 1. The number of aromatic nitrogens is 1. The molecule has 0 saturated carbocycles. The summed E-state index contributed by atoms with van der Waals surface area (Å²) in [5, 5.41) is 0.983. The fourth-order valence-corrected chi connectivity index (χ4v) is 4.33. The molecule has 0 unspecified atom stereocenters. The van der Waals surface area contributed by atoms with Gasteiger partial charge >= 0.3 is 0 Å². The van der Waals surface area contributed by atoms with Gasteiger partial charge in [0, 0.05) is 40.3 Å². The number of ketones is 1. The Balaban J connectivity index is 1.64.